The van der Waals surface area contributed by atoms with Gasteiger partial charge < -0.3 is 10.2 Å². The van der Waals surface area contributed by atoms with Crippen molar-refractivity contribution < 1.29 is 9.59 Å². The number of nitrogens with zero attached hydrogens (tertiary/aromatic N) is 3. The molecule has 0 unspecified atom stereocenters. The number of aryl methyl sites for hydroxylation is 1. The van der Waals surface area contributed by atoms with E-state index in [1.807, 2.05) is 11.8 Å². The Hall–Kier alpha value is -1.96. The van der Waals surface area contributed by atoms with E-state index < -0.39 is 0 Å². The normalized spacial score (nSPS) is 15.0. The fourth-order valence-corrected chi connectivity index (χ4v) is 3.74. The SMILES string of the molecule is Cc1nc(CN2CCN(C(=O)CCNC(=O)c3ccc(Cl)cc3)CC2)cs1. The molecule has 1 N–H and O–H groups in total. The van der Waals surface area contributed by atoms with Gasteiger partial charge in [0, 0.05) is 61.7 Å². The molecule has 2 amide bonds. The van der Waals surface area contributed by atoms with Gasteiger partial charge in [0.2, 0.25) is 5.91 Å². The smallest absolute Gasteiger partial charge is 0.251 e. The maximum absolute atomic E-state index is 12.4. The van der Waals surface area contributed by atoms with E-state index in [9.17, 15) is 9.59 Å². The number of thiazole rings is 1. The molecule has 0 bridgehead atoms. The van der Waals surface area contributed by atoms with Crippen molar-refractivity contribution in [3.63, 3.8) is 0 Å². The molecule has 0 saturated carbocycles. The monoisotopic (exact) mass is 406 g/mol. The van der Waals surface area contributed by atoms with E-state index in [4.69, 9.17) is 11.6 Å². The molecule has 1 aliphatic heterocycles. The molecule has 1 fully saturated rings. The first-order valence-corrected chi connectivity index (χ1v) is 10.2. The van der Waals surface area contributed by atoms with Crippen LogP contribution in [0.15, 0.2) is 29.6 Å². The second-order valence-corrected chi connectivity index (χ2v) is 8.03. The van der Waals surface area contributed by atoms with Gasteiger partial charge in [0.15, 0.2) is 0 Å². The van der Waals surface area contributed by atoms with Crippen LogP contribution in [0.1, 0.15) is 27.5 Å². The van der Waals surface area contributed by atoms with Crippen molar-refractivity contribution in [1.29, 1.82) is 0 Å². The molecule has 1 aromatic heterocycles. The van der Waals surface area contributed by atoms with Gasteiger partial charge in [-0.1, -0.05) is 11.6 Å². The molecule has 1 saturated heterocycles. The largest absolute Gasteiger partial charge is 0.352 e. The second-order valence-electron chi connectivity index (χ2n) is 6.53. The van der Waals surface area contributed by atoms with Gasteiger partial charge in [-0.25, -0.2) is 4.98 Å². The minimum atomic E-state index is -0.192. The molecule has 6 nitrogen and oxygen atoms in total. The highest BCUT2D eigenvalue weighted by atomic mass is 35.5. The quantitative estimate of drug-likeness (QED) is 0.800. The van der Waals surface area contributed by atoms with Crippen LogP contribution < -0.4 is 5.32 Å². The maximum Gasteiger partial charge on any atom is 0.251 e. The molecule has 2 heterocycles. The van der Waals surface area contributed by atoms with Crippen molar-refractivity contribution in [2.75, 3.05) is 32.7 Å². The van der Waals surface area contributed by atoms with Crippen LogP contribution in [-0.2, 0) is 11.3 Å². The molecule has 1 aliphatic rings. The lowest BCUT2D eigenvalue weighted by molar-refractivity contribution is -0.132. The standard InChI is InChI=1S/C19H23ClN4O2S/c1-14-22-17(13-27-14)12-23-8-10-24(11-9-23)18(25)6-7-21-19(26)15-2-4-16(20)5-3-15/h2-5,13H,6-12H2,1H3,(H,21,26). The Kier molecular flexibility index (Phi) is 6.82. The Bertz CT molecular complexity index is 785. The molecule has 1 aromatic carbocycles. The number of aromatic nitrogens is 1. The third-order valence-electron chi connectivity index (χ3n) is 4.51. The summed E-state index contributed by atoms with van der Waals surface area (Å²) in [4.78, 5) is 33.1. The third kappa shape index (κ3) is 5.76. The number of amides is 2. The number of benzene rings is 1. The zero-order valence-electron chi connectivity index (χ0n) is 15.3. The molecule has 2 aromatic rings. The molecule has 27 heavy (non-hydrogen) atoms. The lowest BCUT2D eigenvalue weighted by Crippen LogP contribution is -2.48. The van der Waals surface area contributed by atoms with Crippen molar-refractivity contribution in [3.05, 3.63) is 50.9 Å². The zero-order valence-corrected chi connectivity index (χ0v) is 16.9. The van der Waals surface area contributed by atoms with Gasteiger partial charge in [-0.3, -0.25) is 14.5 Å². The topological polar surface area (TPSA) is 65.5 Å². The summed E-state index contributed by atoms with van der Waals surface area (Å²) in [6.07, 6.45) is 0.310. The average molecular weight is 407 g/mol. The van der Waals surface area contributed by atoms with Crippen LogP contribution in [0.3, 0.4) is 0 Å². The molecular formula is C19H23ClN4O2S. The zero-order chi connectivity index (χ0) is 19.2. The predicted molar refractivity (Wildman–Crippen MR) is 107 cm³/mol. The predicted octanol–water partition coefficient (Wildman–Crippen LogP) is 2.57. The van der Waals surface area contributed by atoms with Crippen LogP contribution in [-0.4, -0.2) is 59.3 Å². The van der Waals surface area contributed by atoms with Gasteiger partial charge in [-0.15, -0.1) is 11.3 Å². The number of rotatable bonds is 6. The summed E-state index contributed by atoms with van der Waals surface area (Å²) in [7, 11) is 0. The Balaban J connectivity index is 1.36. The molecule has 8 heteroatoms. The number of piperazine rings is 1. The van der Waals surface area contributed by atoms with Crippen LogP contribution in [0.25, 0.3) is 0 Å². The third-order valence-corrected chi connectivity index (χ3v) is 5.58. The Morgan fingerprint density at radius 3 is 2.52 bits per heavy atom. The van der Waals surface area contributed by atoms with E-state index in [2.05, 4.69) is 20.6 Å². The highest BCUT2D eigenvalue weighted by molar-refractivity contribution is 7.09. The molecule has 3 rings (SSSR count). The molecule has 0 atom stereocenters. The van der Waals surface area contributed by atoms with Gasteiger partial charge >= 0.3 is 0 Å². The summed E-state index contributed by atoms with van der Waals surface area (Å²) in [6, 6.07) is 6.69. The Morgan fingerprint density at radius 1 is 1.19 bits per heavy atom. The van der Waals surface area contributed by atoms with Crippen molar-refractivity contribution in [1.82, 2.24) is 20.1 Å². The molecular weight excluding hydrogens is 384 g/mol. The Labute approximate surface area is 168 Å². The maximum atomic E-state index is 12.4. The van der Waals surface area contributed by atoms with Crippen LogP contribution in [0.5, 0.6) is 0 Å². The van der Waals surface area contributed by atoms with Gasteiger partial charge in [0.1, 0.15) is 0 Å². The summed E-state index contributed by atoms with van der Waals surface area (Å²) in [5.41, 5.74) is 1.64. The highest BCUT2D eigenvalue weighted by Crippen LogP contribution is 2.13. The lowest BCUT2D eigenvalue weighted by atomic mass is 10.2. The van der Waals surface area contributed by atoms with Crippen LogP contribution in [0.4, 0.5) is 0 Å². The number of hydrogen-bond acceptors (Lipinski definition) is 5. The van der Waals surface area contributed by atoms with E-state index >= 15 is 0 Å². The van der Waals surface area contributed by atoms with E-state index in [1.54, 1.807) is 35.6 Å². The molecule has 0 aliphatic carbocycles. The summed E-state index contributed by atoms with van der Waals surface area (Å²) in [6.45, 7) is 6.30. The molecule has 0 radical (unpaired) electrons. The van der Waals surface area contributed by atoms with E-state index in [0.717, 1.165) is 30.3 Å². The van der Waals surface area contributed by atoms with Crippen molar-refractivity contribution in [2.24, 2.45) is 0 Å². The number of carbonyl (C=O) groups excluding carboxylic acids is 2. The number of carbonyl (C=O) groups is 2. The van der Waals surface area contributed by atoms with E-state index in [-0.39, 0.29) is 11.8 Å². The van der Waals surface area contributed by atoms with Crippen LogP contribution in [0, 0.1) is 6.92 Å². The minimum Gasteiger partial charge on any atom is -0.352 e. The van der Waals surface area contributed by atoms with Gasteiger partial charge in [0.05, 0.1) is 10.7 Å². The van der Waals surface area contributed by atoms with Crippen molar-refractivity contribution in [2.45, 2.75) is 19.9 Å². The first-order chi connectivity index (χ1) is 13.0. The summed E-state index contributed by atoms with van der Waals surface area (Å²) in [5.74, 6) is -0.113. The molecule has 0 spiro atoms. The average Bonchev–Trinajstić information content (AvgIpc) is 3.07. The first-order valence-electron chi connectivity index (χ1n) is 8.96. The minimum absolute atomic E-state index is 0.0792. The van der Waals surface area contributed by atoms with Gasteiger partial charge in [-0.05, 0) is 31.2 Å². The first kappa shape index (κ1) is 19.8. The number of nitrogens with one attached hydrogen (secondary N) is 1. The summed E-state index contributed by atoms with van der Waals surface area (Å²) in [5, 5.41) is 6.55. The summed E-state index contributed by atoms with van der Waals surface area (Å²) >= 11 is 7.48. The van der Waals surface area contributed by atoms with Crippen LogP contribution >= 0.6 is 22.9 Å². The van der Waals surface area contributed by atoms with Crippen LogP contribution in [0.2, 0.25) is 5.02 Å². The fraction of sp³-hybridized carbons (Fsp3) is 0.421. The lowest BCUT2D eigenvalue weighted by Gasteiger charge is -2.34. The van der Waals surface area contributed by atoms with Gasteiger partial charge in [0.25, 0.3) is 5.91 Å². The Morgan fingerprint density at radius 2 is 1.89 bits per heavy atom. The van der Waals surface area contributed by atoms with Gasteiger partial charge in [-0.2, -0.15) is 0 Å². The van der Waals surface area contributed by atoms with Crippen molar-refractivity contribution >= 4 is 34.8 Å². The number of halogens is 1. The molecule has 144 valence electrons. The second kappa shape index (κ2) is 9.30. The highest BCUT2D eigenvalue weighted by Gasteiger charge is 2.21. The van der Waals surface area contributed by atoms with E-state index in [0.29, 0.717) is 36.6 Å². The number of hydrogen-bond donors (Lipinski definition) is 1. The van der Waals surface area contributed by atoms with E-state index in [1.165, 1.54) is 0 Å². The van der Waals surface area contributed by atoms with Crippen molar-refractivity contribution in [3.8, 4) is 0 Å². The summed E-state index contributed by atoms with van der Waals surface area (Å²) < 4.78 is 0. The fourth-order valence-electron chi connectivity index (χ4n) is 3.01.